The number of ether oxygens (including phenoxy) is 1. The molecule has 0 unspecified atom stereocenters. The molecule has 0 amide bonds. The predicted molar refractivity (Wildman–Crippen MR) is 62.8 cm³/mol. The Labute approximate surface area is 94.3 Å². The van der Waals surface area contributed by atoms with Crippen LogP contribution in [0.1, 0.15) is 5.56 Å². The molecule has 4 heteroatoms. The third-order valence-corrected chi connectivity index (χ3v) is 2.40. The van der Waals surface area contributed by atoms with Gasteiger partial charge in [0.15, 0.2) is 5.76 Å². The summed E-state index contributed by atoms with van der Waals surface area (Å²) >= 11 is 0. The Kier molecular flexibility index (Phi) is 2.81. The second-order valence-corrected chi connectivity index (χ2v) is 3.46. The highest BCUT2D eigenvalue weighted by molar-refractivity contribution is 5.60. The van der Waals surface area contributed by atoms with E-state index in [4.69, 9.17) is 9.15 Å². The quantitative estimate of drug-likeness (QED) is 0.860. The van der Waals surface area contributed by atoms with Crippen LogP contribution >= 0.6 is 0 Å². The second-order valence-electron chi connectivity index (χ2n) is 3.46. The van der Waals surface area contributed by atoms with Gasteiger partial charge in [0.05, 0.1) is 13.3 Å². The first-order valence-electron chi connectivity index (χ1n) is 5.03. The summed E-state index contributed by atoms with van der Waals surface area (Å²) in [7, 11) is 3.43. The maximum atomic E-state index is 5.48. The SMILES string of the molecule is CNc1ncc(-c2ccc(OC)c(C)c2)o1. The van der Waals surface area contributed by atoms with Crippen LogP contribution in [0.3, 0.4) is 0 Å². The van der Waals surface area contributed by atoms with E-state index >= 15 is 0 Å². The molecule has 1 N–H and O–H groups in total. The third kappa shape index (κ3) is 1.86. The van der Waals surface area contributed by atoms with Gasteiger partial charge in [0.1, 0.15) is 5.75 Å². The first-order chi connectivity index (χ1) is 7.74. The molecule has 1 aromatic heterocycles. The molecule has 1 aromatic carbocycles. The molecule has 4 nitrogen and oxygen atoms in total. The van der Waals surface area contributed by atoms with E-state index in [1.54, 1.807) is 20.4 Å². The zero-order valence-corrected chi connectivity index (χ0v) is 9.57. The van der Waals surface area contributed by atoms with Crippen molar-refractivity contribution in [2.75, 3.05) is 19.5 Å². The van der Waals surface area contributed by atoms with Crippen molar-refractivity contribution in [2.24, 2.45) is 0 Å². The number of hydrogen-bond acceptors (Lipinski definition) is 4. The Morgan fingerprint density at radius 2 is 2.19 bits per heavy atom. The maximum Gasteiger partial charge on any atom is 0.294 e. The number of rotatable bonds is 3. The summed E-state index contributed by atoms with van der Waals surface area (Å²) in [4.78, 5) is 4.07. The van der Waals surface area contributed by atoms with E-state index in [9.17, 15) is 0 Å². The number of aromatic nitrogens is 1. The first kappa shape index (κ1) is 10.5. The number of nitrogens with zero attached hydrogens (tertiary/aromatic N) is 1. The van der Waals surface area contributed by atoms with E-state index in [2.05, 4.69) is 10.3 Å². The predicted octanol–water partition coefficient (Wildman–Crippen LogP) is 2.70. The van der Waals surface area contributed by atoms with Crippen LogP contribution < -0.4 is 10.1 Å². The van der Waals surface area contributed by atoms with E-state index in [0.717, 1.165) is 22.6 Å². The van der Waals surface area contributed by atoms with Gasteiger partial charge in [0.2, 0.25) is 0 Å². The van der Waals surface area contributed by atoms with Gasteiger partial charge in [-0.15, -0.1) is 0 Å². The highest BCUT2D eigenvalue weighted by Crippen LogP contribution is 2.27. The number of nitrogens with one attached hydrogen (secondary N) is 1. The van der Waals surface area contributed by atoms with Crippen LogP contribution in [-0.4, -0.2) is 19.1 Å². The van der Waals surface area contributed by atoms with E-state index in [1.165, 1.54) is 0 Å². The zero-order chi connectivity index (χ0) is 11.5. The standard InChI is InChI=1S/C12H14N2O2/c1-8-6-9(4-5-10(8)15-3)11-7-14-12(13-2)16-11/h4-7H,1-3H3,(H,13,14). The van der Waals surface area contributed by atoms with Gasteiger partial charge in [-0.05, 0) is 30.7 Å². The minimum Gasteiger partial charge on any atom is -0.496 e. The first-order valence-corrected chi connectivity index (χ1v) is 5.03. The highest BCUT2D eigenvalue weighted by atomic mass is 16.5. The topological polar surface area (TPSA) is 47.3 Å². The Morgan fingerprint density at radius 3 is 2.75 bits per heavy atom. The molecule has 0 bridgehead atoms. The molecule has 0 aliphatic carbocycles. The summed E-state index contributed by atoms with van der Waals surface area (Å²) in [5, 5.41) is 2.85. The lowest BCUT2D eigenvalue weighted by molar-refractivity contribution is 0.411. The number of anilines is 1. The minimum atomic E-state index is 0.517. The number of benzene rings is 1. The summed E-state index contributed by atoms with van der Waals surface area (Å²) in [5.41, 5.74) is 2.06. The van der Waals surface area contributed by atoms with Crippen molar-refractivity contribution in [2.45, 2.75) is 6.92 Å². The summed E-state index contributed by atoms with van der Waals surface area (Å²) < 4.78 is 10.7. The van der Waals surface area contributed by atoms with E-state index in [-0.39, 0.29) is 0 Å². The second kappa shape index (κ2) is 4.26. The molecule has 1 heterocycles. The molecule has 0 aliphatic rings. The normalized spacial score (nSPS) is 10.2. The van der Waals surface area contributed by atoms with Crippen molar-refractivity contribution in [3.8, 4) is 17.1 Å². The van der Waals surface area contributed by atoms with Crippen LogP contribution in [0.4, 0.5) is 6.01 Å². The van der Waals surface area contributed by atoms with E-state index in [0.29, 0.717) is 6.01 Å². The average Bonchev–Trinajstić information content (AvgIpc) is 2.77. The lowest BCUT2D eigenvalue weighted by Crippen LogP contribution is -1.87. The molecule has 2 aromatic rings. The van der Waals surface area contributed by atoms with Gasteiger partial charge in [-0.25, -0.2) is 4.98 Å². The van der Waals surface area contributed by atoms with Crippen LogP contribution in [-0.2, 0) is 0 Å². The smallest absolute Gasteiger partial charge is 0.294 e. The van der Waals surface area contributed by atoms with Crippen molar-refractivity contribution >= 4 is 6.01 Å². The molecular weight excluding hydrogens is 204 g/mol. The Morgan fingerprint density at radius 1 is 1.38 bits per heavy atom. The summed E-state index contributed by atoms with van der Waals surface area (Å²) in [6, 6.07) is 6.40. The number of aryl methyl sites for hydroxylation is 1. The van der Waals surface area contributed by atoms with Gasteiger partial charge in [0, 0.05) is 12.6 Å². The van der Waals surface area contributed by atoms with Gasteiger partial charge in [-0.1, -0.05) is 0 Å². The van der Waals surface area contributed by atoms with E-state index in [1.807, 2.05) is 25.1 Å². The van der Waals surface area contributed by atoms with Crippen LogP contribution in [0, 0.1) is 6.92 Å². The van der Waals surface area contributed by atoms with Crippen LogP contribution in [0.5, 0.6) is 5.75 Å². The summed E-state index contributed by atoms with van der Waals surface area (Å²) in [6.07, 6.45) is 1.70. The number of hydrogen-bond donors (Lipinski definition) is 1. The molecule has 0 atom stereocenters. The Balaban J connectivity index is 2.37. The molecule has 0 radical (unpaired) electrons. The largest absolute Gasteiger partial charge is 0.496 e. The van der Waals surface area contributed by atoms with Crippen molar-refractivity contribution in [3.63, 3.8) is 0 Å². The van der Waals surface area contributed by atoms with Crippen molar-refractivity contribution < 1.29 is 9.15 Å². The fraction of sp³-hybridized carbons (Fsp3) is 0.250. The van der Waals surface area contributed by atoms with Gasteiger partial charge in [-0.3, -0.25) is 0 Å². The third-order valence-electron chi connectivity index (χ3n) is 2.40. The molecule has 2 rings (SSSR count). The maximum absolute atomic E-state index is 5.48. The van der Waals surface area contributed by atoms with Gasteiger partial charge >= 0.3 is 0 Å². The Bertz CT molecular complexity index is 492. The lowest BCUT2D eigenvalue weighted by Gasteiger charge is -2.05. The van der Waals surface area contributed by atoms with Gasteiger partial charge in [-0.2, -0.15) is 0 Å². The monoisotopic (exact) mass is 218 g/mol. The van der Waals surface area contributed by atoms with Crippen molar-refractivity contribution in [1.82, 2.24) is 4.98 Å². The molecule has 0 spiro atoms. The fourth-order valence-corrected chi connectivity index (χ4v) is 1.55. The molecule has 84 valence electrons. The van der Waals surface area contributed by atoms with Crippen molar-refractivity contribution in [3.05, 3.63) is 30.0 Å². The molecule has 0 saturated carbocycles. The molecule has 0 aliphatic heterocycles. The minimum absolute atomic E-state index is 0.517. The zero-order valence-electron chi connectivity index (χ0n) is 9.57. The lowest BCUT2D eigenvalue weighted by atomic mass is 10.1. The summed E-state index contributed by atoms with van der Waals surface area (Å²) in [6.45, 7) is 2.00. The van der Waals surface area contributed by atoms with Crippen LogP contribution in [0.15, 0.2) is 28.8 Å². The number of oxazole rings is 1. The molecule has 16 heavy (non-hydrogen) atoms. The van der Waals surface area contributed by atoms with Crippen molar-refractivity contribution in [1.29, 1.82) is 0 Å². The van der Waals surface area contributed by atoms with E-state index < -0.39 is 0 Å². The summed E-state index contributed by atoms with van der Waals surface area (Å²) in [5.74, 6) is 1.62. The van der Waals surface area contributed by atoms with Crippen LogP contribution in [0.25, 0.3) is 11.3 Å². The average molecular weight is 218 g/mol. The number of methoxy groups -OCH3 is 1. The van der Waals surface area contributed by atoms with Gasteiger partial charge in [0.25, 0.3) is 6.01 Å². The molecule has 0 fully saturated rings. The van der Waals surface area contributed by atoms with Crippen LogP contribution in [0.2, 0.25) is 0 Å². The van der Waals surface area contributed by atoms with Gasteiger partial charge < -0.3 is 14.5 Å². The fourth-order valence-electron chi connectivity index (χ4n) is 1.55. The molecule has 0 saturated heterocycles. The Hall–Kier alpha value is -1.97. The molecular formula is C12H14N2O2. The highest BCUT2D eigenvalue weighted by Gasteiger charge is 2.07.